The molecule has 0 fully saturated rings. The fourth-order valence-electron chi connectivity index (χ4n) is 1.51. The molecule has 1 aromatic rings. The van der Waals surface area contributed by atoms with Crippen LogP contribution in [0.4, 0.5) is 13.2 Å². The van der Waals surface area contributed by atoms with Gasteiger partial charge in [0.05, 0.1) is 13.0 Å². The molecule has 1 atom stereocenters. The number of imidazole rings is 1. The maximum atomic E-state index is 13.0. The zero-order valence-electron chi connectivity index (χ0n) is 10.0. The molecule has 1 amide bonds. The van der Waals surface area contributed by atoms with E-state index in [1.54, 1.807) is 0 Å². The Hall–Kier alpha value is -2.01. The molecule has 0 unspecified atom stereocenters. The highest BCUT2D eigenvalue weighted by Crippen LogP contribution is 2.40. The Labute approximate surface area is 107 Å². The van der Waals surface area contributed by atoms with Gasteiger partial charge in [0.1, 0.15) is 0 Å². The van der Waals surface area contributed by atoms with Gasteiger partial charge in [-0.3, -0.25) is 4.79 Å². The molecule has 2 N–H and O–H groups in total. The van der Waals surface area contributed by atoms with E-state index in [-0.39, 0.29) is 6.54 Å². The molecule has 1 aromatic heterocycles. The number of nitrogens with zero attached hydrogens (tertiary/aromatic N) is 2. The van der Waals surface area contributed by atoms with Crippen LogP contribution in [0.1, 0.15) is 12.2 Å². The molecule has 19 heavy (non-hydrogen) atoms. The molecule has 0 aliphatic rings. The third-order valence-electron chi connectivity index (χ3n) is 2.46. The van der Waals surface area contributed by atoms with Gasteiger partial charge in [0, 0.05) is 19.4 Å². The summed E-state index contributed by atoms with van der Waals surface area (Å²) in [6, 6.07) is 0. The summed E-state index contributed by atoms with van der Waals surface area (Å²) in [4.78, 5) is 14.8. The zero-order valence-corrected chi connectivity index (χ0v) is 10.0. The highest BCUT2D eigenvalue weighted by atomic mass is 19.4. The van der Waals surface area contributed by atoms with E-state index in [1.807, 2.05) is 0 Å². The maximum Gasteiger partial charge on any atom is 0.425 e. The summed E-state index contributed by atoms with van der Waals surface area (Å²) >= 11 is 0. The molecule has 0 aromatic carbocycles. The second kappa shape index (κ2) is 5.32. The fourth-order valence-corrected chi connectivity index (χ4v) is 1.51. The van der Waals surface area contributed by atoms with Crippen LogP contribution in [0, 0.1) is 12.3 Å². The van der Waals surface area contributed by atoms with Crippen LogP contribution in [0.25, 0.3) is 0 Å². The summed E-state index contributed by atoms with van der Waals surface area (Å²) in [6.07, 6.45) is 0.976. The lowest BCUT2D eigenvalue weighted by atomic mass is 9.97. The molecule has 0 bridgehead atoms. The molecule has 0 saturated heterocycles. The van der Waals surface area contributed by atoms with E-state index < -0.39 is 29.9 Å². The van der Waals surface area contributed by atoms with Crippen LogP contribution >= 0.6 is 0 Å². The second-order valence-corrected chi connectivity index (χ2v) is 3.88. The number of carbonyl (C=O) groups excluding carboxylic acids is 1. The van der Waals surface area contributed by atoms with Gasteiger partial charge in [0.15, 0.2) is 5.82 Å². The fraction of sp³-hybridized carbons (Fsp3) is 0.455. The van der Waals surface area contributed by atoms with Gasteiger partial charge >= 0.3 is 6.18 Å². The highest BCUT2D eigenvalue weighted by Gasteiger charge is 2.58. The van der Waals surface area contributed by atoms with E-state index in [2.05, 4.69) is 16.2 Å². The number of halogens is 3. The van der Waals surface area contributed by atoms with Crippen molar-refractivity contribution in [2.75, 3.05) is 6.54 Å². The van der Waals surface area contributed by atoms with Crippen molar-refractivity contribution in [3.8, 4) is 12.3 Å². The van der Waals surface area contributed by atoms with Crippen molar-refractivity contribution in [2.24, 2.45) is 7.05 Å². The SMILES string of the molecule is C#CCNC(=O)C[C@](O)(c1nccn1C)C(F)(F)F. The number of aryl methyl sites for hydroxylation is 1. The topological polar surface area (TPSA) is 67.2 Å². The lowest BCUT2D eigenvalue weighted by Crippen LogP contribution is -2.47. The lowest BCUT2D eigenvalue weighted by Gasteiger charge is -2.29. The summed E-state index contributed by atoms with van der Waals surface area (Å²) < 4.78 is 40.0. The minimum atomic E-state index is -5.04. The summed E-state index contributed by atoms with van der Waals surface area (Å²) in [5.41, 5.74) is -3.36. The van der Waals surface area contributed by atoms with Gasteiger partial charge in [-0.05, 0) is 0 Å². The Kier molecular flexibility index (Phi) is 4.21. The highest BCUT2D eigenvalue weighted by molar-refractivity contribution is 5.77. The number of terminal acetylenes is 1. The third-order valence-corrected chi connectivity index (χ3v) is 2.46. The van der Waals surface area contributed by atoms with E-state index in [1.165, 1.54) is 13.2 Å². The van der Waals surface area contributed by atoms with Crippen molar-refractivity contribution in [3.63, 3.8) is 0 Å². The van der Waals surface area contributed by atoms with E-state index in [4.69, 9.17) is 6.42 Å². The predicted octanol–water partition coefficient (Wildman–Crippen LogP) is 0.309. The summed E-state index contributed by atoms with van der Waals surface area (Å²) in [5.74, 6) is 0.384. The first kappa shape index (κ1) is 15.0. The first-order chi connectivity index (χ1) is 8.72. The van der Waals surface area contributed by atoms with Crippen molar-refractivity contribution in [1.29, 1.82) is 0 Å². The molecule has 0 spiro atoms. The number of aromatic nitrogens is 2. The largest absolute Gasteiger partial charge is 0.425 e. The average Bonchev–Trinajstić information content (AvgIpc) is 2.71. The van der Waals surface area contributed by atoms with Crippen molar-refractivity contribution in [2.45, 2.75) is 18.2 Å². The van der Waals surface area contributed by atoms with Gasteiger partial charge in [-0.2, -0.15) is 13.2 Å². The van der Waals surface area contributed by atoms with E-state index >= 15 is 0 Å². The van der Waals surface area contributed by atoms with Crippen molar-refractivity contribution >= 4 is 5.91 Å². The summed E-state index contributed by atoms with van der Waals surface area (Å²) in [5, 5.41) is 11.9. The number of alkyl halides is 3. The predicted molar refractivity (Wildman–Crippen MR) is 59.6 cm³/mol. The van der Waals surface area contributed by atoms with Crippen LogP contribution in [0.3, 0.4) is 0 Å². The van der Waals surface area contributed by atoms with Gasteiger partial charge in [0.2, 0.25) is 11.5 Å². The molecule has 0 aliphatic carbocycles. The monoisotopic (exact) mass is 275 g/mol. The molecule has 5 nitrogen and oxygen atoms in total. The number of rotatable bonds is 4. The minimum absolute atomic E-state index is 0.215. The molecule has 0 saturated carbocycles. The number of nitrogens with one attached hydrogen (secondary N) is 1. The average molecular weight is 275 g/mol. The Bertz CT molecular complexity index is 504. The number of hydrogen-bond acceptors (Lipinski definition) is 3. The molecular formula is C11H12F3N3O2. The minimum Gasteiger partial charge on any atom is -0.374 e. The van der Waals surface area contributed by atoms with Crippen molar-refractivity contribution in [1.82, 2.24) is 14.9 Å². The van der Waals surface area contributed by atoms with Crippen LogP contribution in [0.2, 0.25) is 0 Å². The number of amides is 1. The van der Waals surface area contributed by atoms with Crippen LogP contribution in [-0.4, -0.2) is 33.3 Å². The molecule has 1 heterocycles. The molecular weight excluding hydrogens is 263 g/mol. The van der Waals surface area contributed by atoms with Gasteiger partial charge < -0.3 is 15.0 Å². The number of hydrogen-bond donors (Lipinski definition) is 2. The second-order valence-electron chi connectivity index (χ2n) is 3.88. The third kappa shape index (κ3) is 3.06. The normalized spacial score (nSPS) is 14.5. The summed E-state index contributed by atoms with van der Waals surface area (Å²) in [7, 11) is 1.29. The Morgan fingerprint density at radius 2 is 2.26 bits per heavy atom. The van der Waals surface area contributed by atoms with Crippen molar-refractivity contribution in [3.05, 3.63) is 18.2 Å². The first-order valence-corrected chi connectivity index (χ1v) is 5.19. The lowest BCUT2D eigenvalue weighted by molar-refractivity contribution is -0.271. The molecule has 1 rings (SSSR count). The van der Waals surface area contributed by atoms with Crippen LogP contribution in [-0.2, 0) is 17.4 Å². The quantitative estimate of drug-likeness (QED) is 0.777. The smallest absolute Gasteiger partial charge is 0.374 e. The Balaban J connectivity index is 3.07. The molecule has 8 heteroatoms. The maximum absolute atomic E-state index is 13.0. The Morgan fingerprint density at radius 1 is 1.63 bits per heavy atom. The van der Waals surface area contributed by atoms with Crippen LogP contribution < -0.4 is 5.32 Å². The van der Waals surface area contributed by atoms with Crippen molar-refractivity contribution < 1.29 is 23.1 Å². The van der Waals surface area contributed by atoms with E-state index in [0.29, 0.717) is 0 Å². The summed E-state index contributed by atoms with van der Waals surface area (Å²) in [6.45, 7) is -0.215. The Morgan fingerprint density at radius 3 is 2.68 bits per heavy atom. The molecule has 104 valence electrons. The van der Waals surface area contributed by atoms with Gasteiger partial charge in [-0.25, -0.2) is 4.98 Å². The standard InChI is InChI=1S/C11H12F3N3O2/c1-3-4-15-8(18)7-10(19,11(12,13)14)9-16-5-6-17(9)2/h1,5-6,19H,4,7H2,2H3,(H,15,18)/t10-/m0/s1. The van der Waals surface area contributed by atoms with Gasteiger partial charge in [-0.15, -0.1) is 6.42 Å². The number of aliphatic hydroxyl groups is 1. The van der Waals surface area contributed by atoms with E-state index in [0.717, 1.165) is 10.8 Å². The number of carbonyl (C=O) groups is 1. The molecule has 0 radical (unpaired) electrons. The zero-order chi connectivity index (χ0) is 14.7. The van der Waals surface area contributed by atoms with E-state index in [9.17, 15) is 23.1 Å². The molecule has 0 aliphatic heterocycles. The van der Waals surface area contributed by atoms with Gasteiger partial charge in [-0.1, -0.05) is 5.92 Å². The van der Waals surface area contributed by atoms with Crippen LogP contribution in [0.5, 0.6) is 0 Å². The van der Waals surface area contributed by atoms with Gasteiger partial charge in [0.25, 0.3) is 0 Å². The van der Waals surface area contributed by atoms with Crippen LogP contribution in [0.15, 0.2) is 12.4 Å². The first-order valence-electron chi connectivity index (χ1n) is 5.19.